The zero-order chi connectivity index (χ0) is 18.7. The number of rotatable bonds is 5. The Bertz CT molecular complexity index is 782. The quantitative estimate of drug-likeness (QED) is 0.884. The maximum Gasteiger partial charge on any atom is 0.338 e. The molecule has 1 aliphatic rings. The summed E-state index contributed by atoms with van der Waals surface area (Å²) in [6.45, 7) is 2.76. The van der Waals surface area contributed by atoms with E-state index in [-0.39, 0.29) is 23.3 Å². The first-order valence-corrected chi connectivity index (χ1v) is 8.42. The van der Waals surface area contributed by atoms with Crippen molar-refractivity contribution < 1.29 is 23.8 Å². The van der Waals surface area contributed by atoms with Gasteiger partial charge in [0.2, 0.25) is 0 Å². The second kappa shape index (κ2) is 7.55. The van der Waals surface area contributed by atoms with Crippen LogP contribution in [0.2, 0.25) is 0 Å². The van der Waals surface area contributed by atoms with Gasteiger partial charge < -0.3 is 14.7 Å². The molecule has 1 aliphatic heterocycles. The lowest BCUT2D eigenvalue weighted by molar-refractivity contribution is -0.139. The number of carboxylic acids is 1. The number of carboxylic acid groups (broad SMARTS) is 1. The molecule has 1 fully saturated rings. The van der Waals surface area contributed by atoms with Crippen LogP contribution < -0.4 is 4.74 Å². The number of carbonyl (C=O) groups excluding carboxylic acids is 1. The molecule has 1 aromatic carbocycles. The molecule has 8 heteroatoms. The van der Waals surface area contributed by atoms with Gasteiger partial charge in [0.25, 0.3) is 5.91 Å². The third-order valence-electron chi connectivity index (χ3n) is 4.47. The molecule has 0 aliphatic carbocycles. The molecule has 138 valence electrons. The lowest BCUT2D eigenvalue weighted by atomic mass is 10.0. The van der Waals surface area contributed by atoms with E-state index in [2.05, 4.69) is 5.10 Å². The summed E-state index contributed by atoms with van der Waals surface area (Å²) < 4.78 is 20.2. The Morgan fingerprint density at radius 2 is 1.92 bits per heavy atom. The fraction of sp³-hybridized carbons (Fsp3) is 0.389. The molecule has 7 nitrogen and oxygen atoms in total. The van der Waals surface area contributed by atoms with Crippen molar-refractivity contribution in [3.8, 4) is 5.75 Å². The average Bonchev–Trinajstić information content (AvgIpc) is 3.13. The maximum atomic E-state index is 12.9. The molecule has 1 N–H and O–H groups in total. The number of carbonyl (C=O) groups is 2. The van der Waals surface area contributed by atoms with Crippen LogP contribution in [0, 0.1) is 5.82 Å². The number of hydrogen-bond donors (Lipinski definition) is 1. The van der Waals surface area contributed by atoms with E-state index in [0.29, 0.717) is 31.7 Å². The summed E-state index contributed by atoms with van der Waals surface area (Å²) in [6, 6.07) is 5.62. The largest absolute Gasteiger partial charge is 0.481 e. The first-order valence-electron chi connectivity index (χ1n) is 8.42. The van der Waals surface area contributed by atoms with Gasteiger partial charge in [-0.3, -0.25) is 9.48 Å². The van der Waals surface area contributed by atoms with Crippen molar-refractivity contribution in [1.29, 1.82) is 0 Å². The highest BCUT2D eigenvalue weighted by Gasteiger charge is 2.28. The van der Waals surface area contributed by atoms with Gasteiger partial charge in [-0.2, -0.15) is 5.10 Å². The molecule has 1 atom stereocenters. The lowest BCUT2D eigenvalue weighted by Gasteiger charge is -2.33. The first-order chi connectivity index (χ1) is 12.4. The highest BCUT2D eigenvalue weighted by atomic mass is 19.1. The summed E-state index contributed by atoms with van der Waals surface area (Å²) in [5.41, 5.74) is 0.157. The number of nitrogens with zero attached hydrogens (tertiary/aromatic N) is 3. The average molecular weight is 361 g/mol. The Morgan fingerprint density at radius 1 is 1.27 bits per heavy atom. The third kappa shape index (κ3) is 4.01. The Kier molecular flexibility index (Phi) is 5.20. The lowest BCUT2D eigenvalue weighted by Crippen LogP contribution is -2.45. The number of halogens is 1. The standard InChI is InChI=1S/C18H20FN3O4/c1-12(26-16-4-2-14(19)3-5-16)17(23)21-8-6-15(7-9-21)22-11-13(10-20-22)18(24)25/h2-5,10-12,15H,6-9H2,1H3,(H,24,25). The second-order valence-corrected chi connectivity index (χ2v) is 6.28. The summed E-state index contributed by atoms with van der Waals surface area (Å²) in [6.07, 6.45) is 3.56. The molecule has 1 aromatic heterocycles. The first kappa shape index (κ1) is 17.9. The highest BCUT2D eigenvalue weighted by Crippen LogP contribution is 2.23. The predicted molar refractivity (Wildman–Crippen MR) is 90.5 cm³/mol. The van der Waals surface area contributed by atoms with Crippen LogP contribution in [0.1, 0.15) is 36.2 Å². The summed E-state index contributed by atoms with van der Waals surface area (Å²) in [5, 5.41) is 13.1. The van der Waals surface area contributed by atoms with E-state index < -0.39 is 12.1 Å². The van der Waals surface area contributed by atoms with Gasteiger partial charge in [-0.25, -0.2) is 9.18 Å². The summed E-state index contributed by atoms with van der Waals surface area (Å²) in [7, 11) is 0. The van der Waals surface area contributed by atoms with Crippen LogP contribution in [0.3, 0.4) is 0 Å². The summed E-state index contributed by atoms with van der Waals surface area (Å²) in [4.78, 5) is 25.2. The van der Waals surface area contributed by atoms with Crippen LogP contribution in [-0.4, -0.2) is 50.9 Å². The van der Waals surface area contributed by atoms with E-state index in [1.165, 1.54) is 36.7 Å². The number of aromatic carboxylic acids is 1. The van der Waals surface area contributed by atoms with E-state index >= 15 is 0 Å². The normalized spacial score (nSPS) is 16.3. The molecule has 1 unspecified atom stereocenters. The molecule has 3 rings (SSSR count). The number of aromatic nitrogens is 2. The molecule has 0 radical (unpaired) electrons. The van der Waals surface area contributed by atoms with Crippen LogP contribution in [-0.2, 0) is 4.79 Å². The third-order valence-corrected chi connectivity index (χ3v) is 4.47. The smallest absolute Gasteiger partial charge is 0.338 e. The fourth-order valence-corrected chi connectivity index (χ4v) is 3.02. The van der Waals surface area contributed by atoms with E-state index in [1.807, 2.05) is 0 Å². The van der Waals surface area contributed by atoms with Gasteiger partial charge in [-0.1, -0.05) is 0 Å². The minimum atomic E-state index is -1.00. The van der Waals surface area contributed by atoms with Gasteiger partial charge in [-0.15, -0.1) is 0 Å². The molecule has 2 aromatic rings. The maximum absolute atomic E-state index is 12.9. The van der Waals surface area contributed by atoms with Crippen molar-refractivity contribution >= 4 is 11.9 Å². The van der Waals surface area contributed by atoms with Gasteiger partial charge >= 0.3 is 5.97 Å². The van der Waals surface area contributed by atoms with E-state index in [0.717, 1.165) is 0 Å². The topological polar surface area (TPSA) is 84.7 Å². The molecule has 0 bridgehead atoms. The molecule has 1 saturated heterocycles. The van der Waals surface area contributed by atoms with Gasteiger partial charge in [0.1, 0.15) is 11.6 Å². The fourth-order valence-electron chi connectivity index (χ4n) is 3.02. The molecule has 0 saturated carbocycles. The van der Waals surface area contributed by atoms with Crippen molar-refractivity contribution in [3.05, 3.63) is 48.0 Å². The van der Waals surface area contributed by atoms with Gasteiger partial charge in [-0.05, 0) is 44.0 Å². The Morgan fingerprint density at radius 3 is 2.50 bits per heavy atom. The number of ether oxygens (including phenoxy) is 1. The molecular formula is C18H20FN3O4. The van der Waals surface area contributed by atoms with Gasteiger partial charge in [0.05, 0.1) is 17.8 Å². The molecule has 2 heterocycles. The Balaban J connectivity index is 1.54. The van der Waals surface area contributed by atoms with Crippen molar-refractivity contribution in [2.45, 2.75) is 31.9 Å². The Hall–Kier alpha value is -2.90. The number of hydrogen-bond acceptors (Lipinski definition) is 4. The number of likely N-dealkylation sites (tertiary alicyclic amines) is 1. The number of benzene rings is 1. The predicted octanol–water partition coefficient (Wildman–Crippen LogP) is 2.35. The zero-order valence-corrected chi connectivity index (χ0v) is 14.3. The SMILES string of the molecule is CC(Oc1ccc(F)cc1)C(=O)N1CCC(n2cc(C(=O)O)cn2)CC1. The van der Waals surface area contributed by atoms with Crippen molar-refractivity contribution in [3.63, 3.8) is 0 Å². The van der Waals surface area contributed by atoms with Crippen molar-refractivity contribution in [2.24, 2.45) is 0 Å². The van der Waals surface area contributed by atoms with E-state index in [1.54, 1.807) is 16.5 Å². The van der Waals surface area contributed by atoms with E-state index in [4.69, 9.17) is 9.84 Å². The van der Waals surface area contributed by atoms with E-state index in [9.17, 15) is 14.0 Å². The van der Waals surface area contributed by atoms with Crippen LogP contribution in [0.5, 0.6) is 5.75 Å². The monoisotopic (exact) mass is 361 g/mol. The molecule has 1 amide bonds. The molecular weight excluding hydrogens is 341 g/mol. The zero-order valence-electron chi connectivity index (χ0n) is 14.3. The van der Waals surface area contributed by atoms with Crippen LogP contribution in [0.15, 0.2) is 36.7 Å². The van der Waals surface area contributed by atoms with Crippen molar-refractivity contribution in [2.75, 3.05) is 13.1 Å². The Labute approximate surface area is 150 Å². The van der Waals surface area contributed by atoms with Gasteiger partial charge in [0, 0.05) is 19.3 Å². The van der Waals surface area contributed by atoms with Crippen LogP contribution >= 0.6 is 0 Å². The minimum absolute atomic E-state index is 0.0699. The van der Waals surface area contributed by atoms with Crippen molar-refractivity contribution in [1.82, 2.24) is 14.7 Å². The van der Waals surface area contributed by atoms with Crippen LogP contribution in [0.25, 0.3) is 0 Å². The van der Waals surface area contributed by atoms with Gasteiger partial charge in [0.15, 0.2) is 6.10 Å². The minimum Gasteiger partial charge on any atom is -0.481 e. The number of amides is 1. The summed E-state index contributed by atoms with van der Waals surface area (Å²) in [5.74, 6) is -1.04. The summed E-state index contributed by atoms with van der Waals surface area (Å²) >= 11 is 0. The molecule has 26 heavy (non-hydrogen) atoms. The van der Waals surface area contributed by atoms with Crippen LogP contribution in [0.4, 0.5) is 4.39 Å². The number of piperidine rings is 1. The highest BCUT2D eigenvalue weighted by molar-refractivity contribution is 5.86. The molecule has 0 spiro atoms. The second-order valence-electron chi connectivity index (χ2n) is 6.28.